The molecule has 0 aliphatic carbocycles. The summed E-state index contributed by atoms with van der Waals surface area (Å²) in [4.78, 5) is 3.60. The Morgan fingerprint density at radius 2 is 2.38 bits per heavy atom. The number of rotatable bonds is 1. The molecule has 3 nitrogen and oxygen atoms in total. The number of nitrogens with zero attached hydrogens (tertiary/aromatic N) is 1. The summed E-state index contributed by atoms with van der Waals surface area (Å²) >= 11 is 0. The van der Waals surface area contributed by atoms with Crippen molar-refractivity contribution in [2.24, 2.45) is 0 Å². The van der Waals surface area contributed by atoms with Gasteiger partial charge in [-0.1, -0.05) is 11.8 Å². The Morgan fingerprint density at radius 3 is 3.00 bits per heavy atom. The Bertz CT molecular complexity index is 354. The molecule has 13 heavy (non-hydrogen) atoms. The number of anilines is 1. The predicted octanol–water partition coefficient (Wildman–Crippen LogP) is 0.537. The fraction of sp³-hybridized carbons (Fsp3) is 0.222. The van der Waals surface area contributed by atoms with Gasteiger partial charge in [0.15, 0.2) is 11.6 Å². The average Bonchev–Trinajstić information content (AvgIpc) is 2.12. The van der Waals surface area contributed by atoms with Crippen molar-refractivity contribution in [1.29, 1.82) is 0 Å². The highest BCUT2D eigenvalue weighted by Gasteiger charge is 1.98. The Balaban J connectivity index is 2.81. The van der Waals surface area contributed by atoms with Gasteiger partial charge in [0.2, 0.25) is 0 Å². The van der Waals surface area contributed by atoms with Gasteiger partial charge in [0, 0.05) is 18.2 Å². The number of aliphatic hydroxyl groups excluding tert-OH is 1. The third kappa shape index (κ3) is 2.73. The lowest BCUT2D eigenvalue weighted by molar-refractivity contribution is 0.305. The van der Waals surface area contributed by atoms with Crippen molar-refractivity contribution < 1.29 is 9.50 Å². The zero-order valence-corrected chi connectivity index (χ0v) is 6.92. The summed E-state index contributed by atoms with van der Waals surface area (Å²) in [5.41, 5.74) is 5.63. The monoisotopic (exact) mass is 180 g/mol. The van der Waals surface area contributed by atoms with E-state index in [1.165, 1.54) is 12.3 Å². The summed E-state index contributed by atoms with van der Waals surface area (Å²) in [5.74, 6) is 4.59. The quantitative estimate of drug-likeness (QED) is 0.620. The van der Waals surface area contributed by atoms with Crippen LogP contribution in [0.25, 0.3) is 0 Å². The Morgan fingerprint density at radius 1 is 1.62 bits per heavy atom. The second kappa shape index (κ2) is 4.43. The minimum absolute atomic E-state index is 0.00210. The van der Waals surface area contributed by atoms with E-state index in [-0.39, 0.29) is 12.4 Å². The van der Waals surface area contributed by atoms with Crippen molar-refractivity contribution in [3.63, 3.8) is 0 Å². The summed E-state index contributed by atoms with van der Waals surface area (Å²) in [6, 6.07) is 1.21. The smallest absolute Gasteiger partial charge is 0.166 e. The van der Waals surface area contributed by atoms with E-state index in [1.807, 2.05) is 0 Å². The molecule has 1 aromatic rings. The maximum absolute atomic E-state index is 12.8. The number of hydrogen-bond acceptors (Lipinski definition) is 3. The molecule has 0 bridgehead atoms. The van der Waals surface area contributed by atoms with Crippen LogP contribution in [0, 0.1) is 17.7 Å². The molecule has 3 N–H and O–H groups in total. The first kappa shape index (κ1) is 9.49. The van der Waals surface area contributed by atoms with Crippen LogP contribution in [0.5, 0.6) is 0 Å². The third-order valence-electron chi connectivity index (χ3n) is 1.34. The van der Waals surface area contributed by atoms with Gasteiger partial charge in [-0.2, -0.15) is 0 Å². The molecule has 0 spiro atoms. The van der Waals surface area contributed by atoms with Crippen LogP contribution in [0.2, 0.25) is 0 Å². The molecule has 0 radical (unpaired) electrons. The van der Waals surface area contributed by atoms with Gasteiger partial charge >= 0.3 is 0 Å². The number of nitrogens with two attached hydrogens (primary N) is 1. The molecule has 0 fully saturated rings. The fourth-order valence-corrected chi connectivity index (χ4v) is 0.737. The zero-order chi connectivity index (χ0) is 9.68. The van der Waals surface area contributed by atoms with E-state index >= 15 is 0 Å². The van der Waals surface area contributed by atoms with E-state index in [4.69, 9.17) is 10.8 Å². The average molecular weight is 180 g/mol. The number of halogens is 1. The van der Waals surface area contributed by atoms with Gasteiger partial charge in [-0.15, -0.1) is 0 Å². The largest absolute Gasteiger partial charge is 0.395 e. The molecule has 0 atom stereocenters. The lowest BCUT2D eigenvalue weighted by Crippen LogP contribution is -1.94. The summed E-state index contributed by atoms with van der Waals surface area (Å²) in [7, 11) is 0. The Labute approximate surface area is 75.4 Å². The lowest BCUT2D eigenvalue weighted by atomic mass is 10.2. The lowest BCUT2D eigenvalue weighted by Gasteiger charge is -1.94. The normalized spacial score (nSPS) is 9.08. The molecular formula is C9H9FN2O. The maximum Gasteiger partial charge on any atom is 0.166 e. The topological polar surface area (TPSA) is 59.1 Å². The molecule has 0 aliphatic heterocycles. The zero-order valence-electron chi connectivity index (χ0n) is 6.92. The van der Waals surface area contributed by atoms with Crippen molar-refractivity contribution >= 4 is 5.82 Å². The molecule has 0 unspecified atom stereocenters. The maximum atomic E-state index is 12.8. The van der Waals surface area contributed by atoms with Gasteiger partial charge in [-0.25, -0.2) is 9.37 Å². The van der Waals surface area contributed by atoms with E-state index in [9.17, 15) is 4.39 Å². The number of aromatic nitrogens is 1. The highest BCUT2D eigenvalue weighted by atomic mass is 19.1. The van der Waals surface area contributed by atoms with Crippen molar-refractivity contribution in [3.8, 4) is 11.8 Å². The van der Waals surface area contributed by atoms with Gasteiger partial charge in [-0.3, -0.25) is 0 Å². The Kier molecular flexibility index (Phi) is 3.23. The van der Waals surface area contributed by atoms with E-state index in [1.54, 1.807) is 0 Å². The summed E-state index contributed by atoms with van der Waals surface area (Å²) in [6.07, 6.45) is 1.76. The second-order valence-electron chi connectivity index (χ2n) is 2.37. The molecule has 0 saturated heterocycles. The molecular weight excluding hydrogens is 171 g/mol. The van der Waals surface area contributed by atoms with Crippen molar-refractivity contribution in [2.45, 2.75) is 6.42 Å². The van der Waals surface area contributed by atoms with E-state index in [0.717, 1.165) is 0 Å². The summed E-state index contributed by atoms with van der Waals surface area (Å²) in [5, 5.41) is 8.43. The van der Waals surface area contributed by atoms with Gasteiger partial charge in [0.25, 0.3) is 0 Å². The fourth-order valence-electron chi connectivity index (χ4n) is 0.737. The van der Waals surface area contributed by atoms with E-state index in [2.05, 4.69) is 16.8 Å². The number of aliphatic hydroxyl groups is 1. The first-order valence-electron chi connectivity index (χ1n) is 3.75. The minimum atomic E-state index is -0.573. The third-order valence-corrected chi connectivity index (χ3v) is 1.34. The molecule has 68 valence electrons. The first-order valence-corrected chi connectivity index (χ1v) is 3.75. The standard InChI is InChI=1S/C9H9FN2O/c10-8-5-7(3-1-2-4-13)6-12-9(8)11/h5-6,13H,2,4H2,(H2,11,12). The molecule has 0 amide bonds. The number of hydrogen-bond donors (Lipinski definition) is 2. The van der Waals surface area contributed by atoms with Crippen LogP contribution in [0.1, 0.15) is 12.0 Å². The highest BCUT2D eigenvalue weighted by Crippen LogP contribution is 2.06. The van der Waals surface area contributed by atoms with Crippen molar-refractivity contribution in [2.75, 3.05) is 12.3 Å². The first-order chi connectivity index (χ1) is 6.24. The summed E-state index contributed by atoms with van der Waals surface area (Å²) in [6.45, 7) is -0.00210. The van der Waals surface area contributed by atoms with E-state index in [0.29, 0.717) is 12.0 Å². The van der Waals surface area contributed by atoms with Crippen LogP contribution in [-0.2, 0) is 0 Å². The summed E-state index contributed by atoms with van der Waals surface area (Å²) < 4.78 is 12.8. The predicted molar refractivity (Wildman–Crippen MR) is 47.2 cm³/mol. The SMILES string of the molecule is Nc1ncc(C#CCCO)cc1F. The van der Waals surface area contributed by atoms with Crippen LogP contribution in [0.15, 0.2) is 12.3 Å². The van der Waals surface area contributed by atoms with Crippen molar-refractivity contribution in [1.82, 2.24) is 4.98 Å². The second-order valence-corrected chi connectivity index (χ2v) is 2.37. The number of nitrogen functional groups attached to an aromatic ring is 1. The molecule has 0 aliphatic rings. The van der Waals surface area contributed by atoms with E-state index < -0.39 is 5.82 Å². The molecule has 4 heteroatoms. The van der Waals surface area contributed by atoms with Gasteiger partial charge in [-0.05, 0) is 6.07 Å². The molecule has 1 heterocycles. The number of pyridine rings is 1. The van der Waals surface area contributed by atoms with Crippen LogP contribution >= 0.6 is 0 Å². The van der Waals surface area contributed by atoms with Crippen LogP contribution < -0.4 is 5.73 Å². The molecule has 0 saturated carbocycles. The molecule has 1 aromatic heterocycles. The molecule has 0 aromatic carbocycles. The minimum Gasteiger partial charge on any atom is -0.395 e. The highest BCUT2D eigenvalue weighted by molar-refractivity contribution is 5.39. The van der Waals surface area contributed by atoms with Gasteiger partial charge in [0.05, 0.1) is 6.61 Å². The van der Waals surface area contributed by atoms with Crippen molar-refractivity contribution in [3.05, 3.63) is 23.6 Å². The van der Waals surface area contributed by atoms with Crippen LogP contribution in [0.4, 0.5) is 10.2 Å². The van der Waals surface area contributed by atoms with Gasteiger partial charge in [0.1, 0.15) is 0 Å². The van der Waals surface area contributed by atoms with Crippen LogP contribution in [0.3, 0.4) is 0 Å². The van der Waals surface area contributed by atoms with Gasteiger partial charge < -0.3 is 10.8 Å². The van der Waals surface area contributed by atoms with Crippen LogP contribution in [-0.4, -0.2) is 16.7 Å². The Hall–Kier alpha value is -1.60. The molecule has 1 rings (SSSR count).